The summed E-state index contributed by atoms with van der Waals surface area (Å²) in [6.45, 7) is 24.6. The fraction of sp³-hybridized carbons (Fsp3) is 0.481. The third-order valence-corrected chi connectivity index (χ3v) is 72.2. The van der Waals surface area contributed by atoms with Crippen molar-refractivity contribution in [3.63, 3.8) is 0 Å². The third kappa shape index (κ3) is 7.88. The number of allylic oxidation sites excluding steroid dienone is 2. The first kappa shape index (κ1) is 45.1. The SMILES string of the molecule is CCCC1(CC2=Cc3c(-c4ccc([Si](C)(C)C)cc4)cccc3[CH]2[Zr]([Cl])([Cl])([CH]2C(CC3(CCC)CCC3)=Cc3c(-c4ccc([Si](C)(C)C)cc4)cccc32)[SiH](C)C)CCC1. The molecule has 319 valence electrons. The van der Waals surface area contributed by atoms with E-state index in [1.807, 2.05) is 0 Å². The van der Waals surface area contributed by atoms with Crippen molar-refractivity contribution in [1.29, 1.82) is 0 Å². The molecule has 4 aromatic rings. The summed E-state index contributed by atoms with van der Waals surface area (Å²) in [5.41, 5.74) is 14.9. The zero-order valence-corrected chi connectivity index (χ0v) is 45.8. The van der Waals surface area contributed by atoms with Crippen LogP contribution < -0.4 is 10.4 Å². The molecule has 4 aliphatic carbocycles. The predicted molar refractivity (Wildman–Crippen MR) is 273 cm³/mol. The van der Waals surface area contributed by atoms with Crippen LogP contribution in [0.15, 0.2) is 96.1 Å². The van der Waals surface area contributed by atoms with Crippen molar-refractivity contribution in [2.24, 2.45) is 10.8 Å². The molecule has 0 bridgehead atoms. The Morgan fingerprint density at radius 3 is 1.22 bits per heavy atom. The van der Waals surface area contributed by atoms with Crippen LogP contribution in [0.5, 0.6) is 0 Å². The number of halogens is 2. The predicted octanol–water partition coefficient (Wildman–Crippen LogP) is 16.4. The van der Waals surface area contributed by atoms with Gasteiger partial charge in [0.05, 0.1) is 0 Å². The number of rotatable bonds is 15. The molecule has 0 aromatic heterocycles. The number of hydrogen-bond acceptors (Lipinski definition) is 0. The molecule has 2 saturated carbocycles. The Balaban J connectivity index is 1.34. The van der Waals surface area contributed by atoms with E-state index in [2.05, 4.69) is 163 Å². The topological polar surface area (TPSA) is 0 Å². The Hall–Kier alpha value is -1.53. The van der Waals surface area contributed by atoms with E-state index in [1.54, 1.807) is 11.1 Å². The maximum absolute atomic E-state index is 9.22. The second-order valence-corrected chi connectivity index (χ2v) is 75.2. The molecule has 0 radical (unpaired) electrons. The number of hydrogen-bond donors (Lipinski definition) is 0. The van der Waals surface area contributed by atoms with Gasteiger partial charge in [-0.15, -0.1) is 0 Å². The van der Waals surface area contributed by atoms with Crippen molar-refractivity contribution in [3.8, 4) is 22.3 Å². The molecule has 8 rings (SSSR count). The molecule has 2 atom stereocenters. The van der Waals surface area contributed by atoms with E-state index >= 15 is 0 Å². The van der Waals surface area contributed by atoms with E-state index < -0.39 is 37.6 Å². The number of fused-ring (bicyclic) bond motifs is 2. The molecule has 0 aliphatic heterocycles. The summed E-state index contributed by atoms with van der Waals surface area (Å²) in [6, 6.07) is 33.6. The first-order valence-electron chi connectivity index (χ1n) is 23.8. The average Bonchev–Trinajstić information content (AvgIpc) is 3.75. The molecular formula is C54H73Cl2Si3Zr. The van der Waals surface area contributed by atoms with Gasteiger partial charge in [-0.2, -0.15) is 0 Å². The van der Waals surface area contributed by atoms with Crippen LogP contribution in [0.1, 0.15) is 120 Å². The molecule has 6 heteroatoms. The standard InChI is InChI=1S/2C26H33Si.C2H7Si.2ClH.Zr/c2*1-5-14-26(15-7-16-26)19-20-17-22-8-6-9-24(25(22)18-20)21-10-12-23(13-11-21)27(2,3)4;1-3-2;;;/h2*6,8-13,17-18H,5,7,14-16,19H2,1-4H3;3H,1-2H3;2*1H;/q;;;;;+2/p-2. The molecule has 0 spiro atoms. The van der Waals surface area contributed by atoms with Crippen molar-refractivity contribution in [2.45, 2.75) is 151 Å². The normalized spacial score (nSPS) is 21.3. The molecule has 0 amide bonds. The summed E-state index contributed by atoms with van der Waals surface area (Å²) < 4.78 is 0.240. The first-order chi connectivity index (χ1) is 28.3. The van der Waals surface area contributed by atoms with Crippen LogP contribution in [-0.4, -0.2) is 22.1 Å². The van der Waals surface area contributed by atoms with Crippen molar-refractivity contribution in [3.05, 3.63) is 118 Å². The van der Waals surface area contributed by atoms with E-state index in [0.717, 1.165) is 12.8 Å². The molecule has 0 N–H and O–H groups in total. The van der Waals surface area contributed by atoms with Crippen LogP contribution >= 0.6 is 17.0 Å². The number of benzene rings is 4. The van der Waals surface area contributed by atoms with Crippen molar-refractivity contribution in [1.82, 2.24) is 0 Å². The quantitative estimate of drug-likeness (QED) is 0.104. The molecule has 0 saturated heterocycles. The Morgan fingerprint density at radius 2 is 0.933 bits per heavy atom. The minimum atomic E-state index is -5.07. The summed E-state index contributed by atoms with van der Waals surface area (Å²) in [5, 5.41) is 3.03. The van der Waals surface area contributed by atoms with Crippen LogP contribution in [0.4, 0.5) is 0 Å². The molecule has 2 fully saturated rings. The minimum absolute atomic E-state index is 0.120. The molecule has 2 unspecified atom stereocenters. The van der Waals surface area contributed by atoms with Gasteiger partial charge in [0.25, 0.3) is 0 Å². The van der Waals surface area contributed by atoms with Gasteiger partial charge < -0.3 is 0 Å². The van der Waals surface area contributed by atoms with Gasteiger partial charge in [-0.25, -0.2) is 0 Å². The first-order valence-corrected chi connectivity index (χ1v) is 47.1. The van der Waals surface area contributed by atoms with E-state index in [1.165, 1.54) is 119 Å². The average molecular weight is 969 g/mol. The van der Waals surface area contributed by atoms with Gasteiger partial charge in [0.2, 0.25) is 0 Å². The molecular weight excluding hydrogens is 895 g/mol. The van der Waals surface area contributed by atoms with Crippen LogP contribution in [0.25, 0.3) is 34.4 Å². The van der Waals surface area contributed by atoms with Crippen LogP contribution in [0.3, 0.4) is 0 Å². The summed E-state index contributed by atoms with van der Waals surface area (Å²) >= 11 is -5.07. The zero-order chi connectivity index (χ0) is 42.9. The summed E-state index contributed by atoms with van der Waals surface area (Å²) in [6.07, 6.45) is 20.7. The Labute approximate surface area is 375 Å². The molecule has 60 heavy (non-hydrogen) atoms. The second-order valence-electron chi connectivity index (χ2n) is 22.5. The van der Waals surface area contributed by atoms with E-state index in [9.17, 15) is 17.0 Å². The molecule has 4 aromatic carbocycles. The van der Waals surface area contributed by atoms with Crippen molar-refractivity contribution in [2.75, 3.05) is 0 Å². The van der Waals surface area contributed by atoms with Crippen LogP contribution in [-0.2, 0) is 15.6 Å². The Bertz CT molecular complexity index is 2140. The summed E-state index contributed by atoms with van der Waals surface area (Å²) in [5.74, 6) is -1.73. The van der Waals surface area contributed by atoms with E-state index in [-0.39, 0.29) is 7.25 Å². The fourth-order valence-electron chi connectivity index (χ4n) is 12.5. The Kier molecular flexibility index (Phi) is 12.4. The third-order valence-electron chi connectivity index (χ3n) is 16.2. The van der Waals surface area contributed by atoms with Gasteiger partial charge in [0.1, 0.15) is 0 Å². The van der Waals surface area contributed by atoms with E-state index in [0.29, 0.717) is 10.8 Å². The van der Waals surface area contributed by atoms with Crippen LogP contribution in [0.2, 0.25) is 52.4 Å². The second kappa shape index (κ2) is 16.5. The van der Waals surface area contributed by atoms with E-state index in [4.69, 9.17) is 0 Å². The van der Waals surface area contributed by atoms with Crippen molar-refractivity contribution >= 4 is 61.6 Å². The van der Waals surface area contributed by atoms with Gasteiger partial charge in [0.15, 0.2) is 0 Å². The Morgan fingerprint density at radius 1 is 0.567 bits per heavy atom. The maximum atomic E-state index is 9.22. The van der Waals surface area contributed by atoms with Crippen LogP contribution in [0, 0.1) is 10.8 Å². The molecule has 4 aliphatic rings. The van der Waals surface area contributed by atoms with Crippen molar-refractivity contribution < 1.29 is 15.6 Å². The zero-order valence-electron chi connectivity index (χ0n) is 38.7. The van der Waals surface area contributed by atoms with Gasteiger partial charge in [0, 0.05) is 0 Å². The van der Waals surface area contributed by atoms with Gasteiger partial charge >= 0.3 is 379 Å². The molecule has 0 nitrogen and oxygen atoms in total. The van der Waals surface area contributed by atoms with Gasteiger partial charge in [-0.1, -0.05) is 0 Å². The monoisotopic (exact) mass is 965 g/mol. The van der Waals surface area contributed by atoms with Gasteiger partial charge in [-0.3, -0.25) is 0 Å². The van der Waals surface area contributed by atoms with Gasteiger partial charge in [-0.05, 0) is 0 Å². The fourth-order valence-corrected chi connectivity index (χ4v) is 46.1. The summed E-state index contributed by atoms with van der Waals surface area (Å²) in [7, 11) is 15.6. The molecule has 0 heterocycles. The summed E-state index contributed by atoms with van der Waals surface area (Å²) in [4.78, 5) is 0.